The molecule has 2 N–H and O–H groups in total. The van der Waals surface area contributed by atoms with Gasteiger partial charge in [-0.15, -0.1) is 0 Å². The van der Waals surface area contributed by atoms with Crippen LogP contribution in [0.25, 0.3) is 22.3 Å². The first kappa shape index (κ1) is 22.5. The normalized spacial score (nSPS) is 15.8. The standard InChI is InChI=1S/C26H25FN6O2/c1-2-22(34)32-12-6-9-19(14-32)33-26-23(25(28)29-16-30-26)24(31-33)18-10-11-21(20(27)13-18)35-15-17-7-4-3-5-8-17/h2-5,7-8,10-11,13,16,19H,1,6,9,12,14-15H2,(H2,28,29,30). The summed E-state index contributed by atoms with van der Waals surface area (Å²) in [6.45, 7) is 4.99. The van der Waals surface area contributed by atoms with Crippen LogP contribution in [0.2, 0.25) is 0 Å². The summed E-state index contributed by atoms with van der Waals surface area (Å²) in [6, 6.07) is 14.2. The predicted molar refractivity (Wildman–Crippen MR) is 131 cm³/mol. The van der Waals surface area contributed by atoms with Gasteiger partial charge in [0.05, 0.1) is 11.4 Å². The number of nitrogen functional groups attached to an aromatic ring is 1. The molecule has 1 fully saturated rings. The van der Waals surface area contributed by atoms with Gasteiger partial charge in [-0.2, -0.15) is 5.10 Å². The fourth-order valence-electron chi connectivity index (χ4n) is 4.44. The summed E-state index contributed by atoms with van der Waals surface area (Å²) in [6.07, 6.45) is 4.35. The zero-order valence-corrected chi connectivity index (χ0v) is 19.1. The zero-order valence-electron chi connectivity index (χ0n) is 19.1. The number of nitrogens with two attached hydrogens (primary N) is 1. The Bertz CT molecular complexity index is 1390. The van der Waals surface area contributed by atoms with Gasteiger partial charge < -0.3 is 15.4 Å². The Morgan fingerprint density at radius 3 is 2.83 bits per heavy atom. The number of benzene rings is 2. The molecule has 5 rings (SSSR count). The number of amides is 1. The molecule has 8 nitrogen and oxygen atoms in total. The SMILES string of the molecule is C=CC(=O)N1CCCC(n2nc(-c3ccc(OCc4ccccc4)c(F)c3)c3c(N)ncnc32)C1. The molecule has 3 heterocycles. The van der Waals surface area contributed by atoms with E-state index in [4.69, 9.17) is 15.6 Å². The van der Waals surface area contributed by atoms with Crippen LogP contribution in [0.4, 0.5) is 10.2 Å². The molecule has 1 aliphatic rings. The third-order valence-electron chi connectivity index (χ3n) is 6.19. The Balaban J connectivity index is 1.48. The van der Waals surface area contributed by atoms with Crippen molar-refractivity contribution < 1.29 is 13.9 Å². The Hall–Kier alpha value is -4.27. The Morgan fingerprint density at radius 2 is 2.06 bits per heavy atom. The third-order valence-corrected chi connectivity index (χ3v) is 6.19. The number of carbonyl (C=O) groups is 1. The molecular weight excluding hydrogens is 447 g/mol. The molecule has 0 bridgehead atoms. The summed E-state index contributed by atoms with van der Waals surface area (Å²) in [5, 5.41) is 5.34. The van der Waals surface area contributed by atoms with Crippen molar-refractivity contribution in [3.05, 3.63) is 78.9 Å². The molecule has 1 aliphatic heterocycles. The molecule has 9 heteroatoms. The van der Waals surface area contributed by atoms with Gasteiger partial charge in [0.1, 0.15) is 24.4 Å². The first-order chi connectivity index (χ1) is 17.0. The van der Waals surface area contributed by atoms with E-state index in [1.54, 1.807) is 21.7 Å². The van der Waals surface area contributed by atoms with Crippen molar-refractivity contribution >= 4 is 22.8 Å². The van der Waals surface area contributed by atoms with Gasteiger partial charge in [0.15, 0.2) is 17.2 Å². The number of nitrogens with zero attached hydrogens (tertiary/aromatic N) is 5. The van der Waals surface area contributed by atoms with Crippen molar-refractivity contribution in [1.82, 2.24) is 24.6 Å². The highest BCUT2D eigenvalue weighted by atomic mass is 19.1. The molecule has 1 saturated heterocycles. The van der Waals surface area contributed by atoms with E-state index in [0.29, 0.717) is 35.4 Å². The van der Waals surface area contributed by atoms with Crippen LogP contribution in [-0.4, -0.2) is 43.6 Å². The number of hydrogen-bond acceptors (Lipinski definition) is 6. The molecule has 1 amide bonds. The van der Waals surface area contributed by atoms with Gasteiger partial charge in [-0.1, -0.05) is 36.9 Å². The lowest BCUT2D eigenvalue weighted by atomic mass is 10.1. The smallest absolute Gasteiger partial charge is 0.246 e. The minimum absolute atomic E-state index is 0.100. The van der Waals surface area contributed by atoms with Crippen LogP contribution in [-0.2, 0) is 11.4 Å². The number of anilines is 1. The number of halogens is 1. The Morgan fingerprint density at radius 1 is 1.23 bits per heavy atom. The van der Waals surface area contributed by atoms with Crippen LogP contribution in [0.1, 0.15) is 24.4 Å². The van der Waals surface area contributed by atoms with E-state index >= 15 is 4.39 Å². The van der Waals surface area contributed by atoms with Gasteiger partial charge in [0.25, 0.3) is 0 Å². The number of fused-ring (bicyclic) bond motifs is 1. The third kappa shape index (κ3) is 4.44. The fraction of sp³-hybridized carbons (Fsp3) is 0.231. The average molecular weight is 473 g/mol. The lowest BCUT2D eigenvalue weighted by Gasteiger charge is -2.32. The number of aromatic nitrogens is 4. The van der Waals surface area contributed by atoms with Gasteiger partial charge in [-0.05, 0) is 42.7 Å². The van der Waals surface area contributed by atoms with Crippen molar-refractivity contribution in [3.8, 4) is 17.0 Å². The molecule has 2 aromatic heterocycles. The van der Waals surface area contributed by atoms with Crippen LogP contribution in [0, 0.1) is 5.82 Å². The first-order valence-corrected chi connectivity index (χ1v) is 11.4. The molecule has 35 heavy (non-hydrogen) atoms. The van der Waals surface area contributed by atoms with Crippen molar-refractivity contribution in [2.24, 2.45) is 0 Å². The molecule has 0 spiro atoms. The average Bonchev–Trinajstić information content (AvgIpc) is 3.29. The van der Waals surface area contributed by atoms with Crippen LogP contribution in [0.15, 0.2) is 67.5 Å². The minimum atomic E-state index is -0.503. The highest BCUT2D eigenvalue weighted by Gasteiger charge is 2.28. The summed E-state index contributed by atoms with van der Waals surface area (Å²) in [7, 11) is 0. The second-order valence-electron chi connectivity index (χ2n) is 8.45. The van der Waals surface area contributed by atoms with Gasteiger partial charge in [-0.25, -0.2) is 19.0 Å². The van der Waals surface area contributed by atoms with Gasteiger partial charge in [0, 0.05) is 18.7 Å². The quantitative estimate of drug-likeness (QED) is 0.424. The topological polar surface area (TPSA) is 99.2 Å². The van der Waals surface area contributed by atoms with Crippen molar-refractivity contribution in [1.29, 1.82) is 0 Å². The molecule has 1 atom stereocenters. The van der Waals surface area contributed by atoms with E-state index in [-0.39, 0.29) is 30.1 Å². The Kier molecular flexibility index (Phi) is 6.13. The lowest BCUT2D eigenvalue weighted by Crippen LogP contribution is -2.40. The van der Waals surface area contributed by atoms with Crippen LogP contribution in [0.3, 0.4) is 0 Å². The predicted octanol–water partition coefficient (Wildman–Crippen LogP) is 4.14. The van der Waals surface area contributed by atoms with Crippen LogP contribution in [0.5, 0.6) is 5.75 Å². The summed E-state index contributed by atoms with van der Waals surface area (Å²) >= 11 is 0. The van der Waals surface area contributed by atoms with Crippen molar-refractivity contribution in [2.45, 2.75) is 25.5 Å². The number of likely N-dealkylation sites (tertiary alicyclic amines) is 1. The van der Waals surface area contributed by atoms with Crippen molar-refractivity contribution in [3.63, 3.8) is 0 Å². The maximum absolute atomic E-state index is 15.0. The van der Waals surface area contributed by atoms with E-state index in [9.17, 15) is 4.79 Å². The zero-order chi connectivity index (χ0) is 24.4. The number of hydrogen-bond donors (Lipinski definition) is 1. The first-order valence-electron chi connectivity index (χ1n) is 11.4. The van der Waals surface area contributed by atoms with Crippen LogP contribution >= 0.6 is 0 Å². The number of ether oxygens (including phenoxy) is 1. The highest BCUT2D eigenvalue weighted by Crippen LogP contribution is 2.35. The molecule has 0 aliphatic carbocycles. The van der Waals surface area contributed by atoms with E-state index in [1.807, 2.05) is 30.3 Å². The van der Waals surface area contributed by atoms with Gasteiger partial charge in [0.2, 0.25) is 5.91 Å². The monoisotopic (exact) mass is 472 g/mol. The summed E-state index contributed by atoms with van der Waals surface area (Å²) < 4.78 is 22.5. The van der Waals surface area contributed by atoms with Crippen molar-refractivity contribution in [2.75, 3.05) is 18.8 Å². The van der Waals surface area contributed by atoms with E-state index < -0.39 is 5.82 Å². The molecular formula is C26H25FN6O2. The maximum atomic E-state index is 15.0. The molecule has 1 unspecified atom stereocenters. The highest BCUT2D eigenvalue weighted by molar-refractivity contribution is 5.98. The summed E-state index contributed by atoms with van der Waals surface area (Å²) in [5.41, 5.74) is 8.73. The number of carbonyl (C=O) groups excluding carboxylic acids is 1. The summed E-state index contributed by atoms with van der Waals surface area (Å²) in [5.74, 6) is -0.210. The number of piperidine rings is 1. The second kappa shape index (κ2) is 9.54. The molecule has 4 aromatic rings. The largest absolute Gasteiger partial charge is 0.486 e. The maximum Gasteiger partial charge on any atom is 0.246 e. The van der Waals surface area contributed by atoms with Gasteiger partial charge in [-0.3, -0.25) is 4.79 Å². The minimum Gasteiger partial charge on any atom is -0.486 e. The van der Waals surface area contributed by atoms with E-state index in [2.05, 4.69) is 16.5 Å². The van der Waals surface area contributed by atoms with E-state index in [0.717, 1.165) is 18.4 Å². The molecule has 2 aromatic carbocycles. The van der Waals surface area contributed by atoms with Gasteiger partial charge >= 0.3 is 0 Å². The molecule has 178 valence electrons. The second-order valence-corrected chi connectivity index (χ2v) is 8.45. The lowest BCUT2D eigenvalue weighted by molar-refractivity contribution is -0.127. The number of rotatable bonds is 6. The molecule has 0 radical (unpaired) electrons. The van der Waals surface area contributed by atoms with E-state index in [1.165, 1.54) is 18.5 Å². The molecule has 0 saturated carbocycles. The Labute approximate surface area is 201 Å². The van der Waals surface area contributed by atoms with Crippen LogP contribution < -0.4 is 10.5 Å². The summed E-state index contributed by atoms with van der Waals surface area (Å²) in [4.78, 5) is 22.5. The fourth-order valence-corrected chi connectivity index (χ4v) is 4.44.